The zero-order chi connectivity index (χ0) is 27.3. The maximum atomic E-state index is 12.9. The van der Waals surface area contributed by atoms with Gasteiger partial charge < -0.3 is 20.3 Å². The van der Waals surface area contributed by atoms with Gasteiger partial charge in [0.05, 0.1) is 17.5 Å². The second kappa shape index (κ2) is 11.5. The molecule has 2 N–H and O–H groups in total. The number of ether oxygens (including phenoxy) is 1. The lowest BCUT2D eigenvalue weighted by molar-refractivity contribution is -0.153. The number of rotatable bonds is 8. The molecule has 4 rings (SSSR count). The van der Waals surface area contributed by atoms with Crippen LogP contribution in [0.3, 0.4) is 0 Å². The fourth-order valence-corrected chi connectivity index (χ4v) is 4.34. The van der Waals surface area contributed by atoms with Gasteiger partial charge in [-0.2, -0.15) is 18.4 Å². The van der Waals surface area contributed by atoms with E-state index in [4.69, 9.17) is 10.00 Å². The van der Waals surface area contributed by atoms with Crippen molar-refractivity contribution in [2.24, 2.45) is 5.92 Å². The summed E-state index contributed by atoms with van der Waals surface area (Å²) >= 11 is 0. The zero-order valence-corrected chi connectivity index (χ0v) is 20.9. The molecule has 0 spiro atoms. The van der Waals surface area contributed by atoms with Gasteiger partial charge in [0.15, 0.2) is 6.61 Å². The third kappa shape index (κ3) is 6.81. The lowest BCUT2D eigenvalue weighted by atomic mass is 9.96. The smallest absolute Gasteiger partial charge is 0.422 e. The Morgan fingerprint density at radius 1 is 1.21 bits per heavy atom. The Morgan fingerprint density at radius 2 is 1.95 bits per heavy atom. The number of nitrogens with one attached hydrogen (secondary N) is 2. The van der Waals surface area contributed by atoms with E-state index in [1.807, 2.05) is 25.2 Å². The fraction of sp³-hybridized carbons (Fsp3) is 0.321. The standard InChI is InChI=1S/C28H28F3N5O2/c1-18(15-32)16-34-26-23-13-21(4-3-19(23)5-6-25(26)38-17-28(29,30)31)24-14-22(7-10-33-24)35-27(37)20-8-11-36(2)12-9-20/h3-7,10,13-14,20,34H,1,8-9,11-12,16-17H2,2H3,(H,33,35,37). The van der Waals surface area contributed by atoms with Crippen LogP contribution in [-0.4, -0.2) is 55.3 Å². The molecule has 0 bridgehead atoms. The van der Waals surface area contributed by atoms with Crippen molar-refractivity contribution in [1.82, 2.24) is 9.88 Å². The normalized spacial score (nSPS) is 14.6. The molecular formula is C28H28F3N5O2. The monoisotopic (exact) mass is 523 g/mol. The van der Waals surface area contributed by atoms with Crippen molar-refractivity contribution >= 4 is 28.1 Å². The number of likely N-dealkylation sites (tertiary alicyclic amines) is 1. The Hall–Kier alpha value is -4.10. The highest BCUT2D eigenvalue weighted by atomic mass is 19.4. The molecule has 0 saturated carbocycles. The molecule has 0 radical (unpaired) electrons. The second-order valence-corrected chi connectivity index (χ2v) is 9.34. The van der Waals surface area contributed by atoms with Crippen molar-refractivity contribution in [1.29, 1.82) is 5.26 Å². The molecule has 1 saturated heterocycles. The number of nitriles is 1. The van der Waals surface area contributed by atoms with E-state index in [1.54, 1.807) is 30.5 Å². The summed E-state index contributed by atoms with van der Waals surface area (Å²) < 4.78 is 43.7. The number of halogens is 3. The summed E-state index contributed by atoms with van der Waals surface area (Å²) in [7, 11) is 2.04. The van der Waals surface area contributed by atoms with E-state index in [0.29, 0.717) is 28.0 Å². The van der Waals surface area contributed by atoms with Gasteiger partial charge in [0, 0.05) is 40.9 Å². The number of amides is 1. The van der Waals surface area contributed by atoms with Crippen molar-refractivity contribution < 1.29 is 22.7 Å². The van der Waals surface area contributed by atoms with Crippen LogP contribution in [0.25, 0.3) is 22.0 Å². The molecule has 0 aliphatic carbocycles. The number of hydrogen-bond acceptors (Lipinski definition) is 6. The Balaban J connectivity index is 1.64. The van der Waals surface area contributed by atoms with Crippen LogP contribution in [-0.2, 0) is 4.79 Å². The minimum absolute atomic E-state index is 0.00446. The van der Waals surface area contributed by atoms with Gasteiger partial charge in [0.25, 0.3) is 0 Å². The van der Waals surface area contributed by atoms with Crippen LogP contribution in [0, 0.1) is 17.2 Å². The van der Waals surface area contributed by atoms with Crippen molar-refractivity contribution in [3.63, 3.8) is 0 Å². The first-order valence-electron chi connectivity index (χ1n) is 12.2. The van der Waals surface area contributed by atoms with Gasteiger partial charge in [0.1, 0.15) is 5.75 Å². The fourth-order valence-electron chi connectivity index (χ4n) is 4.34. The molecule has 1 aliphatic heterocycles. The molecule has 2 aromatic carbocycles. The van der Waals surface area contributed by atoms with Crippen molar-refractivity contribution in [2.45, 2.75) is 19.0 Å². The minimum atomic E-state index is -4.51. The summed E-state index contributed by atoms with van der Waals surface area (Å²) in [4.78, 5) is 19.4. The highest BCUT2D eigenvalue weighted by molar-refractivity contribution is 5.99. The molecule has 38 heavy (non-hydrogen) atoms. The van der Waals surface area contributed by atoms with Gasteiger partial charge in [-0.1, -0.05) is 24.8 Å². The first-order chi connectivity index (χ1) is 18.1. The van der Waals surface area contributed by atoms with Crippen LogP contribution in [0.5, 0.6) is 5.75 Å². The van der Waals surface area contributed by atoms with E-state index < -0.39 is 12.8 Å². The van der Waals surface area contributed by atoms with Crippen LogP contribution < -0.4 is 15.4 Å². The molecular weight excluding hydrogens is 495 g/mol. The van der Waals surface area contributed by atoms with Crippen LogP contribution in [0.2, 0.25) is 0 Å². The van der Waals surface area contributed by atoms with Crippen molar-refractivity contribution in [2.75, 3.05) is 43.9 Å². The van der Waals surface area contributed by atoms with E-state index in [9.17, 15) is 18.0 Å². The third-order valence-corrected chi connectivity index (χ3v) is 6.42. The third-order valence-electron chi connectivity index (χ3n) is 6.42. The van der Waals surface area contributed by atoms with Crippen molar-refractivity contribution in [3.8, 4) is 23.1 Å². The maximum Gasteiger partial charge on any atom is 0.422 e. The van der Waals surface area contributed by atoms with Crippen LogP contribution in [0.1, 0.15) is 12.8 Å². The topological polar surface area (TPSA) is 90.3 Å². The van der Waals surface area contributed by atoms with E-state index in [0.717, 1.165) is 31.3 Å². The molecule has 2 heterocycles. The number of pyridine rings is 1. The summed E-state index contributed by atoms with van der Waals surface area (Å²) in [6.07, 6.45) is -1.30. The predicted molar refractivity (Wildman–Crippen MR) is 141 cm³/mol. The van der Waals surface area contributed by atoms with Crippen molar-refractivity contribution in [3.05, 3.63) is 60.8 Å². The van der Waals surface area contributed by atoms with E-state index in [2.05, 4.69) is 27.1 Å². The minimum Gasteiger partial charge on any atom is -0.482 e. The van der Waals surface area contributed by atoms with Gasteiger partial charge in [0.2, 0.25) is 5.91 Å². The summed E-state index contributed by atoms with van der Waals surface area (Å²) in [5.74, 6) is -0.0652. The van der Waals surface area contributed by atoms with Crippen LogP contribution in [0.4, 0.5) is 24.5 Å². The molecule has 10 heteroatoms. The molecule has 198 valence electrons. The summed E-state index contributed by atoms with van der Waals surface area (Å²) in [6.45, 7) is 3.97. The van der Waals surface area contributed by atoms with E-state index in [-0.39, 0.29) is 29.7 Å². The molecule has 0 atom stereocenters. The first kappa shape index (κ1) is 26.9. The average molecular weight is 524 g/mol. The number of piperidine rings is 1. The van der Waals surface area contributed by atoms with Crippen LogP contribution >= 0.6 is 0 Å². The Morgan fingerprint density at radius 3 is 2.66 bits per heavy atom. The lowest BCUT2D eigenvalue weighted by Crippen LogP contribution is -2.35. The molecule has 1 aliphatic rings. The highest BCUT2D eigenvalue weighted by Crippen LogP contribution is 2.37. The Labute approximate surface area is 218 Å². The highest BCUT2D eigenvalue weighted by Gasteiger charge is 2.29. The number of hydrogen-bond donors (Lipinski definition) is 2. The number of anilines is 2. The number of fused-ring (bicyclic) bond motifs is 1. The largest absolute Gasteiger partial charge is 0.482 e. The summed E-state index contributed by atoms with van der Waals surface area (Å²) in [5, 5.41) is 16.4. The molecule has 1 fully saturated rings. The SMILES string of the molecule is C=C(C#N)CNc1c(OCC(F)(F)F)ccc2ccc(-c3cc(NC(=O)C4CCN(C)CC4)ccn3)cc12. The number of benzene rings is 2. The predicted octanol–water partition coefficient (Wildman–Crippen LogP) is 5.61. The van der Waals surface area contributed by atoms with E-state index >= 15 is 0 Å². The van der Waals surface area contributed by atoms with E-state index in [1.165, 1.54) is 6.07 Å². The number of alkyl halides is 3. The van der Waals surface area contributed by atoms with Gasteiger partial charge >= 0.3 is 6.18 Å². The molecule has 1 amide bonds. The van der Waals surface area contributed by atoms with Gasteiger partial charge in [-0.05, 0) is 62.6 Å². The van der Waals surface area contributed by atoms with Crippen LogP contribution in [0.15, 0.2) is 60.8 Å². The van der Waals surface area contributed by atoms with Gasteiger partial charge in [-0.25, -0.2) is 0 Å². The molecule has 1 aromatic heterocycles. The van der Waals surface area contributed by atoms with Gasteiger partial charge in [-0.15, -0.1) is 0 Å². The number of nitrogens with zero attached hydrogens (tertiary/aromatic N) is 3. The zero-order valence-electron chi connectivity index (χ0n) is 20.9. The van der Waals surface area contributed by atoms with Gasteiger partial charge in [-0.3, -0.25) is 9.78 Å². The second-order valence-electron chi connectivity index (χ2n) is 9.34. The first-order valence-corrected chi connectivity index (χ1v) is 12.2. The maximum absolute atomic E-state index is 12.9. The average Bonchev–Trinajstić information content (AvgIpc) is 2.90. The summed E-state index contributed by atoms with van der Waals surface area (Å²) in [5.41, 5.74) is 2.43. The lowest BCUT2D eigenvalue weighted by Gasteiger charge is -2.28. The quantitative estimate of drug-likeness (QED) is 0.373. The molecule has 3 aromatic rings. The number of aromatic nitrogens is 1. The molecule has 0 unspecified atom stereocenters. The Bertz CT molecular complexity index is 1380. The Kier molecular flexibility index (Phi) is 8.17. The number of carbonyl (C=O) groups excluding carboxylic acids is 1. The molecule has 7 nitrogen and oxygen atoms in total. The number of carbonyl (C=O) groups is 1. The summed E-state index contributed by atoms with van der Waals surface area (Å²) in [6, 6.07) is 14.0.